The maximum Gasteiger partial charge on any atom is 0.410 e. The summed E-state index contributed by atoms with van der Waals surface area (Å²) in [4.78, 5) is 27.6. The average Bonchev–Trinajstić information content (AvgIpc) is 3.55. The van der Waals surface area contributed by atoms with Crippen molar-refractivity contribution in [2.75, 3.05) is 13.2 Å². The minimum Gasteiger partial charge on any atom is -0.447 e. The Bertz CT molecular complexity index is 1100. The number of amides is 1. The van der Waals surface area contributed by atoms with Crippen molar-refractivity contribution in [1.82, 2.24) is 25.5 Å². The summed E-state index contributed by atoms with van der Waals surface area (Å²) in [5.74, 6) is -4.45. The van der Waals surface area contributed by atoms with Gasteiger partial charge in [0.15, 0.2) is 0 Å². The van der Waals surface area contributed by atoms with Gasteiger partial charge in [0.05, 0.1) is 10.9 Å². The van der Waals surface area contributed by atoms with Gasteiger partial charge in [-0.15, -0.1) is 21.5 Å². The number of alkyl halides is 2. The highest BCUT2D eigenvalue weighted by Crippen LogP contribution is 2.30. The zero-order valence-electron chi connectivity index (χ0n) is 16.8. The second-order valence-electron chi connectivity index (χ2n) is 7.11. The predicted octanol–water partition coefficient (Wildman–Crippen LogP) is 3.60. The fourth-order valence-corrected chi connectivity index (χ4v) is 4.28. The molecule has 32 heavy (non-hydrogen) atoms. The van der Waals surface area contributed by atoms with Gasteiger partial charge in [0, 0.05) is 17.0 Å². The number of thiophene rings is 1. The summed E-state index contributed by atoms with van der Waals surface area (Å²) in [7, 11) is 0. The molecule has 1 unspecified atom stereocenters. The number of aromatic amines is 1. The SMILES string of the molecule is O=C1OCC(/C=C/C(=O)C(F)(F)c2ccccc2)N1CCCc1ccc(-c2nn[nH]n2)s1. The molecule has 166 valence electrons. The molecule has 11 heteroatoms. The number of aryl methyl sites for hydroxylation is 1. The molecule has 0 bridgehead atoms. The number of hydrogen-bond acceptors (Lipinski definition) is 7. The first-order valence-corrected chi connectivity index (χ1v) is 10.7. The number of aromatic nitrogens is 4. The third-order valence-corrected chi connectivity index (χ3v) is 6.12. The van der Waals surface area contributed by atoms with Gasteiger partial charge in [-0.25, -0.2) is 4.79 Å². The highest BCUT2D eigenvalue weighted by Gasteiger charge is 2.39. The number of H-pyrrole nitrogens is 1. The van der Waals surface area contributed by atoms with Crippen molar-refractivity contribution < 1.29 is 23.1 Å². The molecule has 1 saturated heterocycles. The van der Waals surface area contributed by atoms with Crippen LogP contribution in [0.5, 0.6) is 0 Å². The standard InChI is InChI=1S/C21H19F2N5O3S/c22-21(23,14-5-2-1-3-6-14)18(29)11-8-15-13-31-20(30)28(15)12-4-7-16-9-10-17(32-16)19-24-26-27-25-19/h1-3,5-6,8-11,15H,4,7,12-13H2,(H,24,25,26,27)/b11-8+. The predicted molar refractivity (Wildman–Crippen MR) is 112 cm³/mol. The van der Waals surface area contributed by atoms with Gasteiger partial charge in [-0.3, -0.25) is 9.69 Å². The lowest BCUT2D eigenvalue weighted by Gasteiger charge is -2.19. The van der Waals surface area contributed by atoms with E-state index in [0.29, 0.717) is 25.2 Å². The van der Waals surface area contributed by atoms with Gasteiger partial charge in [0.1, 0.15) is 6.61 Å². The van der Waals surface area contributed by atoms with Crippen molar-refractivity contribution in [3.63, 3.8) is 0 Å². The van der Waals surface area contributed by atoms with Crippen LogP contribution in [0.4, 0.5) is 13.6 Å². The Morgan fingerprint density at radius 1 is 1.28 bits per heavy atom. The van der Waals surface area contributed by atoms with Crippen molar-refractivity contribution in [2.24, 2.45) is 0 Å². The zero-order chi connectivity index (χ0) is 22.6. The smallest absolute Gasteiger partial charge is 0.410 e. The molecule has 1 atom stereocenters. The lowest BCUT2D eigenvalue weighted by atomic mass is 10.0. The van der Waals surface area contributed by atoms with Crippen LogP contribution in [0, 0.1) is 0 Å². The van der Waals surface area contributed by atoms with E-state index in [1.54, 1.807) is 6.07 Å². The lowest BCUT2D eigenvalue weighted by molar-refractivity contribution is -0.138. The van der Waals surface area contributed by atoms with Crippen molar-refractivity contribution in [1.29, 1.82) is 0 Å². The average molecular weight is 459 g/mol. The molecule has 0 saturated carbocycles. The monoisotopic (exact) mass is 459 g/mol. The molecule has 2 aromatic heterocycles. The molecule has 1 fully saturated rings. The Morgan fingerprint density at radius 2 is 2.09 bits per heavy atom. The van der Waals surface area contributed by atoms with Crippen LogP contribution in [0.3, 0.4) is 0 Å². The van der Waals surface area contributed by atoms with E-state index in [-0.39, 0.29) is 12.2 Å². The largest absolute Gasteiger partial charge is 0.447 e. The number of benzene rings is 1. The van der Waals surface area contributed by atoms with Crippen LogP contribution in [-0.2, 0) is 21.9 Å². The van der Waals surface area contributed by atoms with Crippen LogP contribution < -0.4 is 0 Å². The molecule has 1 aromatic carbocycles. The summed E-state index contributed by atoms with van der Waals surface area (Å²) < 4.78 is 33.8. The molecule has 1 amide bonds. The van der Waals surface area contributed by atoms with Gasteiger partial charge >= 0.3 is 12.0 Å². The van der Waals surface area contributed by atoms with E-state index < -0.39 is 23.8 Å². The van der Waals surface area contributed by atoms with Gasteiger partial charge in [-0.2, -0.15) is 14.0 Å². The van der Waals surface area contributed by atoms with Gasteiger partial charge < -0.3 is 4.74 Å². The number of allylic oxidation sites excluding steroid dienone is 1. The number of nitrogens with zero attached hydrogens (tertiary/aromatic N) is 4. The minimum absolute atomic E-state index is 0.0144. The van der Waals surface area contributed by atoms with E-state index in [0.717, 1.165) is 15.8 Å². The number of carbonyl (C=O) groups excluding carboxylic acids is 2. The number of cyclic esters (lactones) is 1. The van der Waals surface area contributed by atoms with E-state index in [4.69, 9.17) is 4.74 Å². The highest BCUT2D eigenvalue weighted by atomic mass is 32.1. The lowest BCUT2D eigenvalue weighted by Crippen LogP contribution is -2.33. The van der Waals surface area contributed by atoms with E-state index in [1.807, 2.05) is 12.1 Å². The summed E-state index contributed by atoms with van der Waals surface area (Å²) in [5, 5.41) is 13.8. The van der Waals surface area contributed by atoms with Crippen molar-refractivity contribution in [3.05, 3.63) is 65.1 Å². The first-order valence-electron chi connectivity index (χ1n) is 9.87. The topological polar surface area (TPSA) is 101 Å². The number of rotatable bonds is 9. The number of halogens is 2. The molecule has 1 aliphatic rings. The summed E-state index contributed by atoms with van der Waals surface area (Å²) in [6.45, 7) is 0.382. The number of ketones is 1. The van der Waals surface area contributed by atoms with E-state index in [1.165, 1.54) is 46.6 Å². The quantitative estimate of drug-likeness (QED) is 0.491. The van der Waals surface area contributed by atoms with E-state index in [2.05, 4.69) is 20.6 Å². The Balaban J connectivity index is 1.34. The Kier molecular flexibility index (Phi) is 6.35. The maximum atomic E-state index is 14.4. The summed E-state index contributed by atoms with van der Waals surface area (Å²) >= 11 is 1.53. The second-order valence-corrected chi connectivity index (χ2v) is 8.27. The molecule has 1 aliphatic heterocycles. The van der Waals surface area contributed by atoms with Gasteiger partial charge in [0.25, 0.3) is 0 Å². The fourth-order valence-electron chi connectivity index (χ4n) is 3.30. The Morgan fingerprint density at radius 3 is 2.84 bits per heavy atom. The zero-order valence-corrected chi connectivity index (χ0v) is 17.6. The Labute approximate surface area is 185 Å². The first kappa shape index (κ1) is 21.8. The Hall–Kier alpha value is -3.47. The third-order valence-electron chi connectivity index (χ3n) is 4.98. The summed E-state index contributed by atoms with van der Waals surface area (Å²) in [6, 6.07) is 10.2. The molecular formula is C21H19F2N5O3S. The highest BCUT2D eigenvalue weighted by molar-refractivity contribution is 7.15. The van der Waals surface area contributed by atoms with Gasteiger partial charge in [0.2, 0.25) is 11.6 Å². The van der Waals surface area contributed by atoms with Crippen LogP contribution in [0.1, 0.15) is 16.9 Å². The van der Waals surface area contributed by atoms with Crippen LogP contribution in [-0.4, -0.2) is 56.6 Å². The first-order chi connectivity index (χ1) is 15.4. The van der Waals surface area contributed by atoms with Gasteiger partial charge in [-0.05, 0) is 36.3 Å². The van der Waals surface area contributed by atoms with Crippen molar-refractivity contribution >= 4 is 23.2 Å². The normalized spacial score (nSPS) is 16.6. The molecule has 0 radical (unpaired) electrons. The molecular weight excluding hydrogens is 440 g/mol. The van der Waals surface area contributed by atoms with Crippen LogP contribution >= 0.6 is 11.3 Å². The number of carbonyl (C=O) groups is 2. The fraction of sp³-hybridized carbons (Fsp3) is 0.286. The van der Waals surface area contributed by atoms with E-state index in [9.17, 15) is 18.4 Å². The number of tetrazole rings is 1. The number of ether oxygens (including phenoxy) is 1. The number of hydrogen-bond donors (Lipinski definition) is 1. The molecule has 8 nitrogen and oxygen atoms in total. The molecule has 1 N–H and O–H groups in total. The van der Waals surface area contributed by atoms with Crippen molar-refractivity contribution in [3.8, 4) is 10.7 Å². The van der Waals surface area contributed by atoms with E-state index >= 15 is 0 Å². The van der Waals surface area contributed by atoms with Gasteiger partial charge in [-0.1, -0.05) is 36.4 Å². The molecule has 0 aliphatic carbocycles. The third kappa shape index (κ3) is 4.72. The second kappa shape index (κ2) is 9.35. The minimum atomic E-state index is -3.64. The summed E-state index contributed by atoms with van der Waals surface area (Å²) in [6.07, 6.45) is 2.96. The summed E-state index contributed by atoms with van der Waals surface area (Å²) in [5.41, 5.74) is -0.374. The molecule has 3 aromatic rings. The van der Waals surface area contributed by atoms with Crippen LogP contribution in [0.25, 0.3) is 10.7 Å². The molecule has 3 heterocycles. The molecule has 0 spiro atoms. The number of nitrogens with one attached hydrogen (secondary N) is 1. The van der Waals surface area contributed by atoms with Crippen LogP contribution in [0.2, 0.25) is 0 Å². The van der Waals surface area contributed by atoms with Crippen molar-refractivity contribution in [2.45, 2.75) is 24.8 Å². The van der Waals surface area contributed by atoms with Crippen LogP contribution in [0.15, 0.2) is 54.6 Å². The maximum absolute atomic E-state index is 14.4. The molecule has 4 rings (SSSR count).